The van der Waals surface area contributed by atoms with Crippen LogP contribution in [0.4, 0.5) is 0 Å². The zero-order chi connectivity index (χ0) is 19.6. The standard InChI is InChI=1S/C21H25NO5/c1-4-25-18-5-7-19(8-6-18)26-10-9-22-20(23)14-27-21(24)17-12-15(2)11-16(3)13-17/h5-8,11-13H,4,9-10,14H2,1-3H3,(H,22,23). The number of aryl methyl sites for hydroxylation is 2. The van der Waals surface area contributed by atoms with Crippen LogP contribution in [0.1, 0.15) is 28.4 Å². The van der Waals surface area contributed by atoms with Crippen LogP contribution in [0.2, 0.25) is 0 Å². The van der Waals surface area contributed by atoms with Crippen LogP contribution in [-0.2, 0) is 9.53 Å². The van der Waals surface area contributed by atoms with E-state index < -0.39 is 5.97 Å². The first-order valence-electron chi connectivity index (χ1n) is 8.85. The number of nitrogens with one attached hydrogen (secondary N) is 1. The van der Waals surface area contributed by atoms with Crippen molar-refractivity contribution < 1.29 is 23.8 Å². The van der Waals surface area contributed by atoms with Gasteiger partial charge in [-0.15, -0.1) is 0 Å². The highest BCUT2D eigenvalue weighted by Crippen LogP contribution is 2.17. The second kappa shape index (κ2) is 10.2. The minimum Gasteiger partial charge on any atom is -0.494 e. The molecule has 144 valence electrons. The van der Waals surface area contributed by atoms with E-state index in [9.17, 15) is 9.59 Å². The molecule has 0 aliphatic heterocycles. The third-order valence-corrected chi connectivity index (χ3v) is 3.62. The summed E-state index contributed by atoms with van der Waals surface area (Å²) in [5.41, 5.74) is 2.38. The largest absolute Gasteiger partial charge is 0.494 e. The predicted octanol–water partition coefficient (Wildman–Crippen LogP) is 3.05. The highest BCUT2D eigenvalue weighted by Gasteiger charge is 2.11. The molecule has 2 rings (SSSR count). The van der Waals surface area contributed by atoms with E-state index in [0.29, 0.717) is 31.1 Å². The van der Waals surface area contributed by atoms with Gasteiger partial charge in [0, 0.05) is 0 Å². The SMILES string of the molecule is CCOc1ccc(OCCNC(=O)COC(=O)c2cc(C)cc(C)c2)cc1. The molecule has 0 radical (unpaired) electrons. The summed E-state index contributed by atoms with van der Waals surface area (Å²) in [5.74, 6) is 0.586. The van der Waals surface area contributed by atoms with Gasteiger partial charge in [-0.25, -0.2) is 4.79 Å². The van der Waals surface area contributed by atoms with Gasteiger partial charge in [-0.2, -0.15) is 0 Å². The summed E-state index contributed by atoms with van der Waals surface area (Å²) in [6.07, 6.45) is 0. The molecule has 0 aromatic heterocycles. The number of amides is 1. The number of carbonyl (C=O) groups is 2. The number of ether oxygens (including phenoxy) is 3. The van der Waals surface area contributed by atoms with Crippen LogP contribution in [-0.4, -0.2) is 38.2 Å². The van der Waals surface area contributed by atoms with Crippen molar-refractivity contribution in [3.05, 3.63) is 59.2 Å². The molecule has 0 aliphatic rings. The molecule has 0 spiro atoms. The lowest BCUT2D eigenvalue weighted by Gasteiger charge is -2.09. The average Bonchev–Trinajstić information content (AvgIpc) is 2.64. The molecule has 27 heavy (non-hydrogen) atoms. The summed E-state index contributed by atoms with van der Waals surface area (Å²) in [6, 6.07) is 12.7. The molecule has 2 aromatic rings. The van der Waals surface area contributed by atoms with Crippen molar-refractivity contribution in [3.8, 4) is 11.5 Å². The van der Waals surface area contributed by atoms with E-state index in [-0.39, 0.29) is 12.5 Å². The Morgan fingerprint density at radius 2 is 1.52 bits per heavy atom. The zero-order valence-corrected chi connectivity index (χ0v) is 15.9. The molecule has 1 N–H and O–H groups in total. The lowest BCUT2D eigenvalue weighted by molar-refractivity contribution is -0.124. The van der Waals surface area contributed by atoms with E-state index in [4.69, 9.17) is 14.2 Å². The van der Waals surface area contributed by atoms with Crippen LogP contribution >= 0.6 is 0 Å². The maximum absolute atomic E-state index is 12.0. The van der Waals surface area contributed by atoms with E-state index in [2.05, 4.69) is 5.32 Å². The number of hydrogen-bond donors (Lipinski definition) is 1. The highest BCUT2D eigenvalue weighted by molar-refractivity contribution is 5.91. The topological polar surface area (TPSA) is 73.9 Å². The number of rotatable bonds is 9. The van der Waals surface area contributed by atoms with Gasteiger partial charge in [-0.1, -0.05) is 17.2 Å². The second-order valence-corrected chi connectivity index (χ2v) is 6.06. The van der Waals surface area contributed by atoms with Crippen LogP contribution in [0.5, 0.6) is 11.5 Å². The quantitative estimate of drug-likeness (QED) is 0.542. The van der Waals surface area contributed by atoms with Gasteiger partial charge in [0.05, 0.1) is 18.7 Å². The Morgan fingerprint density at radius 3 is 2.11 bits per heavy atom. The molecule has 0 saturated heterocycles. The van der Waals surface area contributed by atoms with Crippen LogP contribution in [0.15, 0.2) is 42.5 Å². The van der Waals surface area contributed by atoms with E-state index in [1.165, 1.54) is 0 Å². The maximum Gasteiger partial charge on any atom is 0.338 e. The number of hydrogen-bond acceptors (Lipinski definition) is 5. The van der Waals surface area contributed by atoms with Gasteiger partial charge in [0.25, 0.3) is 5.91 Å². The van der Waals surface area contributed by atoms with Gasteiger partial charge in [-0.3, -0.25) is 4.79 Å². The van der Waals surface area contributed by atoms with Crippen molar-refractivity contribution in [3.63, 3.8) is 0 Å². The maximum atomic E-state index is 12.0. The van der Waals surface area contributed by atoms with Crippen LogP contribution in [0.25, 0.3) is 0 Å². The molecule has 1 amide bonds. The summed E-state index contributed by atoms with van der Waals surface area (Å²) in [6.45, 7) is 6.64. The fraction of sp³-hybridized carbons (Fsp3) is 0.333. The Hall–Kier alpha value is -3.02. The van der Waals surface area contributed by atoms with Gasteiger partial charge < -0.3 is 19.5 Å². The molecule has 0 bridgehead atoms. The van der Waals surface area contributed by atoms with Crippen molar-refractivity contribution >= 4 is 11.9 Å². The molecular formula is C21H25NO5. The fourth-order valence-electron chi connectivity index (χ4n) is 2.52. The first-order valence-corrected chi connectivity index (χ1v) is 8.85. The molecule has 6 nitrogen and oxygen atoms in total. The monoisotopic (exact) mass is 371 g/mol. The zero-order valence-electron chi connectivity index (χ0n) is 15.9. The predicted molar refractivity (Wildman–Crippen MR) is 102 cm³/mol. The van der Waals surface area contributed by atoms with E-state index in [1.54, 1.807) is 24.3 Å². The van der Waals surface area contributed by atoms with E-state index in [1.807, 2.05) is 39.0 Å². The van der Waals surface area contributed by atoms with Gasteiger partial charge >= 0.3 is 5.97 Å². The fourth-order valence-corrected chi connectivity index (χ4v) is 2.52. The van der Waals surface area contributed by atoms with Crippen LogP contribution < -0.4 is 14.8 Å². The van der Waals surface area contributed by atoms with Crippen LogP contribution in [0.3, 0.4) is 0 Å². The van der Waals surface area contributed by atoms with E-state index in [0.717, 1.165) is 16.9 Å². The van der Waals surface area contributed by atoms with Crippen molar-refractivity contribution in [1.29, 1.82) is 0 Å². The third kappa shape index (κ3) is 7.01. The van der Waals surface area contributed by atoms with Gasteiger partial charge in [0.15, 0.2) is 6.61 Å². The Balaban J connectivity index is 1.66. The summed E-state index contributed by atoms with van der Waals surface area (Å²) >= 11 is 0. The summed E-state index contributed by atoms with van der Waals surface area (Å²) in [7, 11) is 0. The molecule has 0 saturated carbocycles. The molecule has 0 unspecified atom stereocenters. The average molecular weight is 371 g/mol. The van der Waals surface area contributed by atoms with Crippen molar-refractivity contribution in [2.45, 2.75) is 20.8 Å². The smallest absolute Gasteiger partial charge is 0.338 e. The molecule has 0 aliphatic carbocycles. The molecular weight excluding hydrogens is 346 g/mol. The van der Waals surface area contributed by atoms with Gasteiger partial charge in [0.2, 0.25) is 0 Å². The second-order valence-electron chi connectivity index (χ2n) is 6.06. The van der Waals surface area contributed by atoms with Crippen molar-refractivity contribution in [1.82, 2.24) is 5.32 Å². The molecule has 0 heterocycles. The number of esters is 1. The van der Waals surface area contributed by atoms with Crippen LogP contribution in [0, 0.1) is 13.8 Å². The normalized spacial score (nSPS) is 10.2. The minimum atomic E-state index is -0.511. The Labute approximate surface area is 159 Å². The molecule has 0 fully saturated rings. The first-order chi connectivity index (χ1) is 13.0. The van der Waals surface area contributed by atoms with Crippen molar-refractivity contribution in [2.75, 3.05) is 26.4 Å². The first kappa shape index (κ1) is 20.3. The van der Waals surface area contributed by atoms with Crippen molar-refractivity contribution in [2.24, 2.45) is 0 Å². The summed E-state index contributed by atoms with van der Waals surface area (Å²) < 4.78 is 15.9. The number of benzene rings is 2. The van der Waals surface area contributed by atoms with E-state index >= 15 is 0 Å². The Morgan fingerprint density at radius 1 is 0.926 bits per heavy atom. The molecule has 0 atom stereocenters. The highest BCUT2D eigenvalue weighted by atomic mass is 16.5. The van der Waals surface area contributed by atoms with Gasteiger partial charge in [0.1, 0.15) is 18.1 Å². The minimum absolute atomic E-state index is 0.310. The summed E-state index contributed by atoms with van der Waals surface area (Å²) in [4.78, 5) is 23.8. The third-order valence-electron chi connectivity index (χ3n) is 3.62. The molecule has 6 heteroatoms. The lowest BCUT2D eigenvalue weighted by Crippen LogP contribution is -2.32. The lowest BCUT2D eigenvalue weighted by atomic mass is 10.1. The molecule has 2 aromatic carbocycles. The summed E-state index contributed by atoms with van der Waals surface area (Å²) in [5, 5.41) is 2.65. The van der Waals surface area contributed by atoms with Gasteiger partial charge in [-0.05, 0) is 57.2 Å². The Bertz CT molecular complexity index is 750. The number of carbonyl (C=O) groups excluding carboxylic acids is 2. The Kier molecular flexibility index (Phi) is 7.67.